The normalized spacial score (nSPS) is 13.1. The van der Waals surface area contributed by atoms with E-state index in [1.807, 2.05) is 13.8 Å². The molecule has 0 aliphatic carbocycles. The lowest BCUT2D eigenvalue weighted by atomic mass is 9.98. The molecule has 1 unspecified atom stereocenters. The van der Waals surface area contributed by atoms with E-state index in [0.717, 1.165) is 0 Å². The van der Waals surface area contributed by atoms with Gasteiger partial charge in [0.15, 0.2) is 5.82 Å². The van der Waals surface area contributed by atoms with Gasteiger partial charge in [0.05, 0.1) is 17.8 Å². The van der Waals surface area contributed by atoms with Crippen molar-refractivity contribution in [3.63, 3.8) is 0 Å². The second-order valence-corrected chi connectivity index (χ2v) is 7.95. The lowest BCUT2D eigenvalue weighted by Gasteiger charge is -2.15. The van der Waals surface area contributed by atoms with Crippen LogP contribution in [0.1, 0.15) is 26.0 Å². The van der Waals surface area contributed by atoms with Crippen molar-refractivity contribution < 1.29 is 18.3 Å². The highest BCUT2D eigenvalue weighted by Gasteiger charge is 2.25. The summed E-state index contributed by atoms with van der Waals surface area (Å²) in [4.78, 5) is 15.4. The van der Waals surface area contributed by atoms with E-state index in [0.29, 0.717) is 17.9 Å². The van der Waals surface area contributed by atoms with E-state index in [4.69, 9.17) is 0 Å². The lowest BCUT2D eigenvalue weighted by molar-refractivity contribution is -0.142. The van der Waals surface area contributed by atoms with Gasteiger partial charge in [0, 0.05) is 12.7 Å². The highest BCUT2D eigenvalue weighted by Crippen LogP contribution is 2.18. The molecule has 0 saturated heterocycles. The number of sulfonamides is 1. The van der Waals surface area contributed by atoms with Gasteiger partial charge in [0.2, 0.25) is 10.0 Å². The fraction of sp³-hybridized carbons (Fsp3) is 0.438. The maximum absolute atomic E-state index is 12.5. The summed E-state index contributed by atoms with van der Waals surface area (Å²) in [5.74, 6) is -1.14. The zero-order valence-electron chi connectivity index (χ0n) is 14.4. The fourth-order valence-corrected chi connectivity index (χ4v) is 3.73. The van der Waals surface area contributed by atoms with Crippen LogP contribution >= 0.6 is 0 Å². The van der Waals surface area contributed by atoms with Gasteiger partial charge in [-0.2, -0.15) is 5.10 Å². The van der Waals surface area contributed by atoms with E-state index in [9.17, 15) is 18.3 Å². The molecule has 25 heavy (non-hydrogen) atoms. The first-order valence-corrected chi connectivity index (χ1v) is 9.39. The Morgan fingerprint density at radius 1 is 1.36 bits per heavy atom. The van der Waals surface area contributed by atoms with Gasteiger partial charge < -0.3 is 5.11 Å². The molecule has 2 aromatic rings. The second kappa shape index (κ2) is 7.75. The number of nitrogens with one attached hydrogen (secondary N) is 1. The smallest absolute Gasteiger partial charge is 0.307 e. The van der Waals surface area contributed by atoms with Crippen LogP contribution in [0, 0.1) is 18.8 Å². The molecule has 2 N–H and O–H groups in total. The molecular weight excluding hydrogens is 344 g/mol. The van der Waals surface area contributed by atoms with Crippen molar-refractivity contribution in [3.05, 3.63) is 36.3 Å². The first kappa shape index (κ1) is 19.1. The van der Waals surface area contributed by atoms with Crippen LogP contribution in [0.25, 0.3) is 5.82 Å². The minimum Gasteiger partial charge on any atom is -0.481 e. The highest BCUT2D eigenvalue weighted by molar-refractivity contribution is 7.89. The monoisotopic (exact) mass is 366 g/mol. The van der Waals surface area contributed by atoms with Gasteiger partial charge in [-0.05, 0) is 31.4 Å². The molecule has 2 heterocycles. The number of aliphatic carboxylic acids is 1. The molecule has 1 atom stereocenters. The number of pyridine rings is 1. The maximum Gasteiger partial charge on any atom is 0.307 e. The van der Waals surface area contributed by atoms with E-state index in [1.165, 1.54) is 10.9 Å². The van der Waals surface area contributed by atoms with Crippen LogP contribution in [0.2, 0.25) is 0 Å². The largest absolute Gasteiger partial charge is 0.481 e. The summed E-state index contributed by atoms with van der Waals surface area (Å²) in [6.07, 6.45) is 3.22. The van der Waals surface area contributed by atoms with Crippen molar-refractivity contribution in [1.29, 1.82) is 0 Å². The van der Waals surface area contributed by atoms with E-state index >= 15 is 0 Å². The van der Waals surface area contributed by atoms with Crippen LogP contribution < -0.4 is 4.72 Å². The average Bonchev–Trinajstić information content (AvgIpc) is 2.94. The summed E-state index contributed by atoms with van der Waals surface area (Å²) in [6.45, 7) is 5.25. The van der Waals surface area contributed by atoms with Gasteiger partial charge in [-0.3, -0.25) is 4.79 Å². The second-order valence-electron chi connectivity index (χ2n) is 6.21. The zero-order valence-corrected chi connectivity index (χ0v) is 15.2. The van der Waals surface area contributed by atoms with Crippen molar-refractivity contribution in [3.8, 4) is 5.82 Å². The molecule has 2 rings (SSSR count). The molecule has 0 spiro atoms. The van der Waals surface area contributed by atoms with Crippen LogP contribution in [-0.2, 0) is 14.8 Å². The SMILES string of the molecule is Cc1c(S(=O)(=O)NCC(CC(C)C)C(=O)O)cnn1-c1ccccn1. The van der Waals surface area contributed by atoms with Crippen LogP contribution in [0.15, 0.2) is 35.5 Å². The van der Waals surface area contributed by atoms with Crippen LogP contribution in [0.5, 0.6) is 0 Å². The Balaban J connectivity index is 2.20. The molecule has 0 saturated carbocycles. The number of hydrogen-bond donors (Lipinski definition) is 2. The molecule has 0 aromatic carbocycles. The lowest BCUT2D eigenvalue weighted by Crippen LogP contribution is -2.33. The average molecular weight is 366 g/mol. The fourth-order valence-electron chi connectivity index (χ4n) is 2.50. The number of rotatable bonds is 8. The quantitative estimate of drug-likeness (QED) is 0.733. The number of nitrogens with zero attached hydrogens (tertiary/aromatic N) is 3. The van der Waals surface area contributed by atoms with Crippen LogP contribution in [-0.4, -0.2) is 40.8 Å². The third-order valence-corrected chi connectivity index (χ3v) is 5.27. The Hall–Kier alpha value is -2.26. The minimum absolute atomic E-state index is 0.00633. The van der Waals surface area contributed by atoms with Crippen LogP contribution in [0.4, 0.5) is 0 Å². The molecule has 8 nitrogen and oxygen atoms in total. The van der Waals surface area contributed by atoms with E-state index in [2.05, 4.69) is 14.8 Å². The summed E-state index contributed by atoms with van der Waals surface area (Å²) in [5, 5.41) is 13.3. The van der Waals surface area contributed by atoms with E-state index < -0.39 is 21.9 Å². The Bertz CT molecular complexity index is 831. The van der Waals surface area contributed by atoms with Gasteiger partial charge in [-0.15, -0.1) is 0 Å². The Morgan fingerprint density at radius 3 is 2.64 bits per heavy atom. The Morgan fingerprint density at radius 2 is 2.08 bits per heavy atom. The van der Waals surface area contributed by atoms with Gasteiger partial charge >= 0.3 is 5.97 Å². The van der Waals surface area contributed by atoms with Crippen LogP contribution in [0.3, 0.4) is 0 Å². The van der Waals surface area contributed by atoms with Crippen molar-refractivity contribution in [2.24, 2.45) is 11.8 Å². The predicted octanol–water partition coefficient (Wildman–Crippen LogP) is 1.60. The third kappa shape index (κ3) is 4.64. The standard InChI is InChI=1S/C16H22N4O4S/c1-11(2)8-13(16(21)22)9-19-25(23,24)14-10-18-20(12(14)3)15-6-4-5-7-17-15/h4-7,10-11,13,19H,8-9H2,1-3H3,(H,21,22). The molecule has 0 fully saturated rings. The van der Waals surface area contributed by atoms with Gasteiger partial charge in [0.25, 0.3) is 0 Å². The van der Waals surface area contributed by atoms with Crippen molar-refractivity contribution in [2.45, 2.75) is 32.1 Å². The molecule has 136 valence electrons. The van der Waals surface area contributed by atoms with E-state index in [1.54, 1.807) is 31.3 Å². The Labute approximate surface area is 147 Å². The van der Waals surface area contributed by atoms with Gasteiger partial charge in [0.1, 0.15) is 4.90 Å². The minimum atomic E-state index is -3.87. The molecule has 0 amide bonds. The van der Waals surface area contributed by atoms with E-state index in [-0.39, 0.29) is 17.4 Å². The summed E-state index contributed by atoms with van der Waals surface area (Å²) < 4.78 is 28.9. The zero-order chi connectivity index (χ0) is 18.6. The van der Waals surface area contributed by atoms with Gasteiger partial charge in [-0.25, -0.2) is 22.8 Å². The predicted molar refractivity (Wildman–Crippen MR) is 91.9 cm³/mol. The molecule has 2 aromatic heterocycles. The van der Waals surface area contributed by atoms with Crippen molar-refractivity contribution in [1.82, 2.24) is 19.5 Å². The molecular formula is C16H22N4O4S. The summed E-state index contributed by atoms with van der Waals surface area (Å²) in [6, 6.07) is 5.24. The number of carboxylic acids is 1. The third-order valence-electron chi connectivity index (χ3n) is 3.75. The van der Waals surface area contributed by atoms with Gasteiger partial charge in [-0.1, -0.05) is 19.9 Å². The molecule has 0 radical (unpaired) electrons. The molecule has 0 bridgehead atoms. The highest BCUT2D eigenvalue weighted by atomic mass is 32.2. The molecule has 0 aliphatic rings. The first-order chi connectivity index (χ1) is 11.7. The topological polar surface area (TPSA) is 114 Å². The van der Waals surface area contributed by atoms with Crippen molar-refractivity contribution in [2.75, 3.05) is 6.54 Å². The molecule has 9 heteroatoms. The Kier molecular flexibility index (Phi) is 5.91. The van der Waals surface area contributed by atoms with Crippen molar-refractivity contribution >= 4 is 16.0 Å². The summed E-state index contributed by atoms with van der Waals surface area (Å²) >= 11 is 0. The summed E-state index contributed by atoms with van der Waals surface area (Å²) in [5.41, 5.74) is 0.405. The summed E-state index contributed by atoms with van der Waals surface area (Å²) in [7, 11) is -3.87. The maximum atomic E-state index is 12.5. The first-order valence-electron chi connectivity index (χ1n) is 7.91. The number of hydrogen-bond acceptors (Lipinski definition) is 5. The number of carboxylic acid groups (broad SMARTS) is 1. The number of aromatic nitrogens is 3. The number of carbonyl (C=O) groups is 1. The molecule has 0 aliphatic heterocycles.